The van der Waals surface area contributed by atoms with E-state index >= 15 is 0 Å². The van der Waals surface area contributed by atoms with Gasteiger partial charge in [-0.2, -0.15) is 5.10 Å². The van der Waals surface area contributed by atoms with E-state index < -0.39 is 0 Å². The zero-order chi connectivity index (χ0) is 15.0. The molecule has 1 aromatic heterocycles. The quantitative estimate of drug-likeness (QED) is 0.940. The summed E-state index contributed by atoms with van der Waals surface area (Å²) >= 11 is 12.2. The molecule has 0 bridgehead atoms. The molecule has 0 fully saturated rings. The Bertz CT molecular complexity index is 709. The molecule has 1 heterocycles. The summed E-state index contributed by atoms with van der Waals surface area (Å²) < 4.78 is 1.78. The van der Waals surface area contributed by atoms with Crippen molar-refractivity contribution in [2.75, 3.05) is 6.54 Å². The highest BCUT2D eigenvalue weighted by atomic mass is 35.5. The van der Waals surface area contributed by atoms with Gasteiger partial charge >= 0.3 is 0 Å². The molecule has 1 aliphatic rings. The van der Waals surface area contributed by atoms with Gasteiger partial charge in [-0.05, 0) is 44.4 Å². The van der Waals surface area contributed by atoms with Crippen LogP contribution < -0.4 is 5.32 Å². The third-order valence-electron chi connectivity index (χ3n) is 3.62. The van der Waals surface area contributed by atoms with Gasteiger partial charge in [-0.3, -0.25) is 4.79 Å². The topological polar surface area (TPSA) is 46.9 Å². The number of amides is 1. The number of aromatic nitrogens is 2. The summed E-state index contributed by atoms with van der Waals surface area (Å²) in [7, 11) is 0. The lowest BCUT2D eigenvalue weighted by molar-refractivity contribution is 0.0949. The Hall–Kier alpha value is -1.52. The van der Waals surface area contributed by atoms with Crippen LogP contribution >= 0.6 is 23.2 Å². The molecule has 110 valence electrons. The standard InChI is InChI=1S/C15H15Cl2N3O/c1-2-18-15(21)14-10-4-3-5-12(10)20(19-14)13-7-6-9(16)8-11(13)17/h6-8H,2-5H2,1H3,(H,18,21). The summed E-state index contributed by atoms with van der Waals surface area (Å²) in [6.07, 6.45) is 2.82. The number of halogens is 2. The molecule has 0 aliphatic heterocycles. The van der Waals surface area contributed by atoms with Crippen LogP contribution in [0.15, 0.2) is 18.2 Å². The minimum atomic E-state index is -0.125. The molecule has 1 amide bonds. The first-order valence-corrected chi connectivity index (χ1v) is 7.71. The molecule has 1 aromatic carbocycles. The van der Waals surface area contributed by atoms with Crippen molar-refractivity contribution in [3.05, 3.63) is 45.2 Å². The van der Waals surface area contributed by atoms with Gasteiger partial charge in [-0.15, -0.1) is 0 Å². The van der Waals surface area contributed by atoms with Crippen LogP contribution in [0.4, 0.5) is 0 Å². The third-order valence-corrected chi connectivity index (χ3v) is 4.16. The van der Waals surface area contributed by atoms with E-state index in [9.17, 15) is 4.79 Å². The second-order valence-corrected chi connectivity index (χ2v) is 5.84. The molecular weight excluding hydrogens is 309 g/mol. The van der Waals surface area contributed by atoms with Gasteiger partial charge in [0.05, 0.1) is 10.7 Å². The SMILES string of the molecule is CCNC(=O)c1nn(-c2ccc(Cl)cc2Cl)c2c1CCC2. The molecule has 4 nitrogen and oxygen atoms in total. The van der Waals surface area contributed by atoms with Crippen molar-refractivity contribution in [1.82, 2.24) is 15.1 Å². The number of fused-ring (bicyclic) bond motifs is 1. The number of hydrogen-bond acceptors (Lipinski definition) is 2. The van der Waals surface area contributed by atoms with E-state index in [-0.39, 0.29) is 5.91 Å². The van der Waals surface area contributed by atoms with Crippen molar-refractivity contribution < 1.29 is 4.79 Å². The Kier molecular flexibility index (Phi) is 3.91. The molecule has 1 aliphatic carbocycles. The fourth-order valence-electron chi connectivity index (χ4n) is 2.72. The lowest BCUT2D eigenvalue weighted by Crippen LogP contribution is -2.24. The average molecular weight is 324 g/mol. The molecule has 0 saturated carbocycles. The number of rotatable bonds is 3. The Balaban J connectivity index is 2.11. The molecular formula is C15H15Cl2N3O. The van der Waals surface area contributed by atoms with Gasteiger partial charge in [0.25, 0.3) is 5.91 Å². The average Bonchev–Trinajstić information content (AvgIpc) is 3.01. The molecule has 0 unspecified atom stereocenters. The summed E-state index contributed by atoms with van der Waals surface area (Å²) in [6.45, 7) is 2.48. The smallest absolute Gasteiger partial charge is 0.272 e. The molecule has 3 rings (SSSR count). The Labute approximate surface area is 133 Å². The van der Waals surface area contributed by atoms with Crippen LogP contribution in [-0.4, -0.2) is 22.2 Å². The summed E-state index contributed by atoms with van der Waals surface area (Å²) in [5.74, 6) is -0.125. The van der Waals surface area contributed by atoms with E-state index in [1.54, 1.807) is 16.8 Å². The Morgan fingerprint density at radius 2 is 2.19 bits per heavy atom. The van der Waals surface area contributed by atoms with Crippen molar-refractivity contribution in [3.63, 3.8) is 0 Å². The molecule has 2 aromatic rings. The van der Waals surface area contributed by atoms with E-state index in [2.05, 4.69) is 10.4 Å². The molecule has 0 radical (unpaired) electrons. The monoisotopic (exact) mass is 323 g/mol. The van der Waals surface area contributed by atoms with Crippen LogP contribution in [0.25, 0.3) is 5.69 Å². The van der Waals surface area contributed by atoms with Gasteiger partial charge in [0.15, 0.2) is 5.69 Å². The number of benzene rings is 1. The second-order valence-electron chi connectivity index (χ2n) is 4.99. The van der Waals surface area contributed by atoms with E-state index in [4.69, 9.17) is 23.2 Å². The van der Waals surface area contributed by atoms with Crippen molar-refractivity contribution in [2.24, 2.45) is 0 Å². The molecule has 1 N–H and O–H groups in total. The lowest BCUT2D eigenvalue weighted by Gasteiger charge is -2.08. The van der Waals surface area contributed by atoms with E-state index in [1.165, 1.54) is 0 Å². The minimum Gasteiger partial charge on any atom is -0.351 e. The molecule has 6 heteroatoms. The fraction of sp³-hybridized carbons (Fsp3) is 0.333. The van der Waals surface area contributed by atoms with Crippen molar-refractivity contribution in [3.8, 4) is 5.69 Å². The van der Waals surface area contributed by atoms with Crippen LogP contribution in [0.5, 0.6) is 0 Å². The van der Waals surface area contributed by atoms with Gasteiger partial charge in [0, 0.05) is 22.8 Å². The number of nitrogens with one attached hydrogen (secondary N) is 1. The number of carbonyl (C=O) groups is 1. The predicted octanol–water partition coefficient (Wildman–Crippen LogP) is 3.42. The number of hydrogen-bond donors (Lipinski definition) is 1. The van der Waals surface area contributed by atoms with E-state index in [0.29, 0.717) is 22.3 Å². The number of carbonyl (C=O) groups excluding carboxylic acids is 1. The van der Waals surface area contributed by atoms with Crippen LogP contribution in [0.2, 0.25) is 10.0 Å². The van der Waals surface area contributed by atoms with Crippen LogP contribution in [0.1, 0.15) is 35.1 Å². The normalized spacial score (nSPS) is 13.3. The van der Waals surface area contributed by atoms with Crippen LogP contribution in [-0.2, 0) is 12.8 Å². The zero-order valence-corrected chi connectivity index (χ0v) is 13.1. The maximum Gasteiger partial charge on any atom is 0.272 e. The van der Waals surface area contributed by atoms with Crippen molar-refractivity contribution >= 4 is 29.1 Å². The summed E-state index contributed by atoms with van der Waals surface area (Å²) in [5.41, 5.74) is 3.37. The Morgan fingerprint density at radius 3 is 2.90 bits per heavy atom. The second kappa shape index (κ2) is 5.70. The number of nitrogens with zero attached hydrogens (tertiary/aromatic N) is 2. The van der Waals surface area contributed by atoms with Crippen LogP contribution in [0.3, 0.4) is 0 Å². The third kappa shape index (κ3) is 2.54. The Morgan fingerprint density at radius 1 is 1.38 bits per heavy atom. The molecule has 21 heavy (non-hydrogen) atoms. The van der Waals surface area contributed by atoms with Crippen molar-refractivity contribution in [2.45, 2.75) is 26.2 Å². The summed E-state index contributed by atoms with van der Waals surface area (Å²) in [6, 6.07) is 5.29. The first-order valence-electron chi connectivity index (χ1n) is 6.96. The molecule has 0 atom stereocenters. The first kappa shape index (κ1) is 14.4. The highest BCUT2D eigenvalue weighted by Gasteiger charge is 2.27. The van der Waals surface area contributed by atoms with Gasteiger partial charge in [0.1, 0.15) is 0 Å². The maximum absolute atomic E-state index is 12.1. The van der Waals surface area contributed by atoms with E-state index in [1.807, 2.05) is 13.0 Å². The first-order chi connectivity index (χ1) is 10.1. The highest BCUT2D eigenvalue weighted by Crippen LogP contribution is 2.31. The highest BCUT2D eigenvalue weighted by molar-refractivity contribution is 6.35. The molecule has 0 spiro atoms. The van der Waals surface area contributed by atoms with Crippen LogP contribution in [0, 0.1) is 0 Å². The largest absolute Gasteiger partial charge is 0.351 e. The summed E-state index contributed by atoms with van der Waals surface area (Å²) in [5, 5.41) is 8.41. The minimum absolute atomic E-state index is 0.125. The fourth-order valence-corrected chi connectivity index (χ4v) is 3.20. The van der Waals surface area contributed by atoms with Gasteiger partial charge in [0.2, 0.25) is 0 Å². The van der Waals surface area contributed by atoms with Gasteiger partial charge in [-0.25, -0.2) is 4.68 Å². The van der Waals surface area contributed by atoms with Gasteiger partial charge in [-0.1, -0.05) is 23.2 Å². The molecule has 0 saturated heterocycles. The summed E-state index contributed by atoms with van der Waals surface area (Å²) in [4.78, 5) is 12.1. The zero-order valence-electron chi connectivity index (χ0n) is 11.6. The van der Waals surface area contributed by atoms with E-state index in [0.717, 1.165) is 36.2 Å². The lowest BCUT2D eigenvalue weighted by atomic mass is 10.2. The van der Waals surface area contributed by atoms with Crippen molar-refractivity contribution in [1.29, 1.82) is 0 Å². The predicted molar refractivity (Wildman–Crippen MR) is 83.6 cm³/mol. The maximum atomic E-state index is 12.1. The van der Waals surface area contributed by atoms with Gasteiger partial charge < -0.3 is 5.32 Å².